The molecule has 0 saturated carbocycles. The molecule has 84 heteroatoms. The Bertz CT molecular complexity index is 5900. The highest BCUT2D eigenvalue weighted by Crippen LogP contribution is 2.73. The molecule has 7 rings (SSSR count). The summed E-state index contributed by atoms with van der Waals surface area (Å²) >= 11 is 59.8. The minimum Gasteiger partial charge on any atom is -0.208 e. The van der Waals surface area contributed by atoms with E-state index >= 15 is 0 Å². The van der Waals surface area contributed by atoms with Crippen LogP contribution in [-0.2, 0) is 24.7 Å². The van der Waals surface area contributed by atoms with Crippen LogP contribution in [0.2, 0.25) is 5.04 Å². The molecule has 0 heterocycles. The number of hydrogen-bond donors (Lipinski definition) is 0. The summed E-state index contributed by atoms with van der Waals surface area (Å²) in [5.74, 6) is -94.8. The zero-order chi connectivity index (χ0) is 114. The van der Waals surface area contributed by atoms with E-state index in [1.807, 2.05) is 0 Å². The largest absolute Gasteiger partial charge is 0.422 e. The third-order valence-electron chi connectivity index (χ3n) is 15.9. The highest BCUT2D eigenvalue weighted by atomic mass is 35.7. The second-order valence-corrected chi connectivity index (χ2v) is 61.3. The lowest BCUT2D eigenvalue weighted by atomic mass is 10.1. The number of alkyl halides is 24. The Morgan fingerprint density at radius 1 is 0.175 bits per heavy atom. The minimum atomic E-state index is -7.52. The summed E-state index contributed by atoms with van der Waals surface area (Å²) in [6.07, 6.45) is -59.7. The van der Waals surface area contributed by atoms with Gasteiger partial charge in [0.1, 0.15) is 22.3 Å². The molecule has 0 aromatic heterocycles. The van der Waals surface area contributed by atoms with Crippen molar-refractivity contribution in [1.29, 1.82) is 0 Å². The van der Waals surface area contributed by atoms with Gasteiger partial charge in [0.15, 0.2) is 179 Å². The van der Waals surface area contributed by atoms with Crippen LogP contribution in [-0.4, -0.2) is 64.5 Å². The molecular weight excluding hydrogens is 2560 g/mol. The maximum Gasteiger partial charge on any atom is 0.422 e. The van der Waals surface area contributed by atoms with E-state index < -0.39 is 379 Å². The Hall–Kier alpha value is -6.34. The molecule has 0 N–H and O–H groups in total. The van der Waals surface area contributed by atoms with Crippen LogP contribution in [0.4, 0.5) is 290 Å². The Balaban J connectivity index is 0.000000588. The molecule has 0 radical (unpaired) electrons. The lowest BCUT2D eigenvalue weighted by Gasteiger charge is -2.43. The van der Waals surface area contributed by atoms with E-state index in [-0.39, 0.29) is 0 Å². The van der Waals surface area contributed by atoms with Crippen molar-refractivity contribution < 1.29 is 290 Å². The fourth-order valence-electron chi connectivity index (χ4n) is 9.73. The summed E-state index contributed by atoms with van der Waals surface area (Å²) in [6, 6.07) is 0. The molecule has 143 heavy (non-hydrogen) atoms. The first-order chi connectivity index (χ1) is 63.2. The van der Waals surface area contributed by atoms with Crippen molar-refractivity contribution >= 4 is 215 Å². The van der Waals surface area contributed by atoms with E-state index in [9.17, 15) is 290 Å². The summed E-state index contributed by atoms with van der Waals surface area (Å²) in [5, 5.41) is -23.3. The fraction of sp³-hybridized carbons (Fsp3) is 0.153. The molecule has 0 unspecified atom stereocenters. The van der Waals surface area contributed by atoms with Crippen LogP contribution >= 0.6 is 133 Å². The van der Waals surface area contributed by atoms with Crippen LogP contribution in [0.5, 0.6) is 0 Å². The molecule has 0 amide bonds. The Kier molecular flexibility index (Phi) is 41.8. The third kappa shape index (κ3) is 25.1. The van der Waals surface area contributed by atoms with Gasteiger partial charge < -0.3 is 0 Å². The summed E-state index contributed by atoms with van der Waals surface area (Å²) in [6.45, 7) is -36.8. The van der Waals surface area contributed by atoms with Crippen LogP contribution in [0, 0.1) is 175 Å². The van der Waals surface area contributed by atoms with Crippen LogP contribution in [0.1, 0.15) is 27.8 Å². The van der Waals surface area contributed by atoms with Crippen molar-refractivity contribution in [3.8, 4) is 0 Å². The predicted molar refractivity (Wildman–Crippen MR) is 374 cm³/mol. The molecule has 0 atom stereocenters. The van der Waals surface area contributed by atoms with Gasteiger partial charge in [-0.1, -0.05) is 0 Å². The minimum absolute atomic E-state index is 1.99. The van der Waals surface area contributed by atoms with Crippen LogP contribution in [0.3, 0.4) is 0 Å². The van der Waals surface area contributed by atoms with Gasteiger partial charge in [-0.3, -0.25) is 0 Å². The molecule has 0 saturated heterocycles. The highest BCUT2D eigenvalue weighted by Gasteiger charge is 2.93. The van der Waals surface area contributed by atoms with Gasteiger partial charge in [-0.25, -0.2) is 149 Å². The van der Waals surface area contributed by atoms with Gasteiger partial charge in [0, 0.05) is 0 Å². The molecule has 0 aliphatic carbocycles. The van der Waals surface area contributed by atoms with E-state index in [1.165, 1.54) is 0 Å². The number of hydrogen-bond acceptors (Lipinski definition) is 0. The Labute approximate surface area is 798 Å². The van der Waals surface area contributed by atoms with Crippen molar-refractivity contribution in [1.82, 2.24) is 0 Å². The van der Waals surface area contributed by atoms with Crippen molar-refractivity contribution in [2.75, 3.05) is 0 Å². The molecule has 0 spiro atoms. The predicted octanol–water partition coefficient (Wildman–Crippen LogP) is 30.9. The molecule has 0 nitrogen and oxygen atoms in total. The zero-order valence-corrected chi connectivity index (χ0v) is 77.1. The molecule has 0 aliphatic heterocycles. The maximum absolute atomic E-state index is 14.3. The lowest BCUT2D eigenvalue weighted by molar-refractivity contribution is -0.356. The molecule has 806 valence electrons. The second kappa shape index (κ2) is 45.1. The quantitative estimate of drug-likeness (QED) is 0.0376. The summed E-state index contributed by atoms with van der Waals surface area (Å²) in [4.78, 5) is 0. The van der Waals surface area contributed by atoms with Gasteiger partial charge in [0.25, 0.3) is 23.3 Å². The van der Waals surface area contributed by atoms with Crippen molar-refractivity contribution in [3.63, 3.8) is 0 Å². The fourth-order valence-corrected chi connectivity index (χ4v) is 28.6. The Morgan fingerprint density at radius 3 is 0.483 bits per heavy atom. The van der Waals surface area contributed by atoms with Gasteiger partial charge in [-0.05, 0) is 0 Å². The van der Waals surface area contributed by atoms with Crippen LogP contribution in [0.25, 0.3) is 5.83 Å². The lowest BCUT2D eigenvalue weighted by Crippen LogP contribution is -2.65. The SMILES string of the molecule is FC(F)=C(F)[Si](Cl)(Cl)C(C(F)(F)F)(C(F)(F)F)C(F)(F)F.FC(F)=C(F)[Si](Cl)(Cl)c1c(F)c(F)c(C(F)(F)F)c(F)c1F.FC(F)=C(F)[Si](Cl)(Cl)c1c(F)c(F)c(F)c(F)c1F.FC(F)=C(F)c1c(F)c(F)c([Si](Cl)(Cl)c2c(F)c(F)c(C(F)(F)F)c(F)c2F)c(F)c1F.Fc1c(F)c(F)c([Si](Cl)(Cl)C(F)(F)F)c(F)c1F.Fc1c(F)c([Si](Cl)(Cl)c2c(F)c(F)c(C(F)(F)F)c(F)c2F)c(F)c(F)c1C(F)(F)F. The first-order valence-electron chi connectivity index (χ1n) is 31.2. The van der Waals surface area contributed by atoms with Crippen LogP contribution < -0.4 is 36.3 Å². The van der Waals surface area contributed by atoms with Crippen molar-refractivity contribution in [2.45, 2.75) is 54.1 Å². The van der Waals surface area contributed by atoms with Gasteiger partial charge in [0.05, 0.1) is 41.9 Å². The molecule has 7 aromatic carbocycles. The Morgan fingerprint density at radius 2 is 0.329 bits per heavy atom. The summed E-state index contributed by atoms with van der Waals surface area (Å²) < 4.78 is 855. The van der Waals surface area contributed by atoms with E-state index in [2.05, 4.69) is 22.2 Å². The summed E-state index contributed by atoms with van der Waals surface area (Å²) in [7, 11) is 0. The van der Waals surface area contributed by atoms with E-state index in [0.29, 0.717) is 0 Å². The first-order valence-corrected chi connectivity index (χ1v) is 55.4. The van der Waals surface area contributed by atoms with E-state index in [0.717, 1.165) is 0 Å². The number of halogens is 78. The van der Waals surface area contributed by atoms with Crippen molar-refractivity contribution in [3.05, 3.63) is 243 Å². The van der Waals surface area contributed by atoms with E-state index in [4.69, 9.17) is 111 Å². The smallest absolute Gasteiger partial charge is 0.208 e. The third-order valence-corrected chi connectivity index (χ3v) is 42.0. The average molecular weight is 2560 g/mol. The van der Waals surface area contributed by atoms with Gasteiger partial charge >= 0.3 is 95.3 Å². The number of rotatable bonds is 12. The number of benzene rings is 7. The monoisotopic (exact) mass is 2550 g/mol. The van der Waals surface area contributed by atoms with Gasteiger partial charge in [-0.15, -0.1) is 133 Å². The molecule has 7 aromatic rings. The first kappa shape index (κ1) is 133. The van der Waals surface area contributed by atoms with Gasteiger partial charge in [0.2, 0.25) is 17.5 Å². The van der Waals surface area contributed by atoms with E-state index in [1.54, 1.807) is 0 Å². The second-order valence-electron chi connectivity index (χ2n) is 24.4. The van der Waals surface area contributed by atoms with Crippen molar-refractivity contribution in [2.24, 2.45) is 0 Å². The molecule has 0 fully saturated rings. The molecular formula is C59Cl12F66Si6. The summed E-state index contributed by atoms with van der Waals surface area (Å²) in [5.41, 5.74) is -24.2. The van der Waals surface area contributed by atoms with Gasteiger partial charge in [-0.2, -0.15) is 140 Å². The molecule has 0 aliphatic rings. The zero-order valence-electron chi connectivity index (χ0n) is 62.0. The topological polar surface area (TPSA) is 0 Å². The normalized spacial score (nSPS) is 13.0. The maximum atomic E-state index is 14.3. The molecule has 0 bridgehead atoms. The highest BCUT2D eigenvalue weighted by molar-refractivity contribution is 7.57. The standard InChI is InChI=1S/C15Cl2F14Si.C14Cl2F14Si.C9Cl2F10Si.C8Cl2F8Si.C7Cl2F8Si.C6Cl2F12Si/c16-32(17,13-10(25)6(21)2(15(29,30)31)7(22)11(13)26)12-8(23)3(18)1(4(19)9(12)24)5(20)14(27)28;15-31(16,11-7(21)3(17)1(13(25,26)27)4(18)8(11)22)12-9(23)5(19)2(14(28,29)30)6(20)10(12)24;10-22(11,8(18)7(16)17)6-4(14)2(12)1(9(19,20)21)3(13)5(6)15;9-19(10,8(18)7(16)17)6-4(14)2(12)1(11)3(13)5(6)15;8-18(9,7(15,16)17)6-4(13)2(11)1(10)3(12)5(6)14;7-21(8,2(11)1(9)10)3(4(12,13)14,5(15,16)17)6(18,19)20. The van der Waals surface area contributed by atoms with Crippen LogP contribution in [0.15, 0.2) is 40.7 Å². The average Bonchev–Trinajstić information content (AvgIpc) is 0.686.